The highest BCUT2D eigenvalue weighted by Crippen LogP contribution is 2.46. The van der Waals surface area contributed by atoms with Crippen LogP contribution in [-0.4, -0.2) is 15.0 Å². The largest absolute Gasteiger partial charge is 0.396 e. The number of aromatic nitrogens is 3. The number of anilines is 8. The first kappa shape index (κ1) is 33.3. The number of benzene rings is 7. The van der Waals surface area contributed by atoms with Gasteiger partial charge in [-0.25, -0.2) is 0 Å². The number of para-hydroxylation sites is 4. The summed E-state index contributed by atoms with van der Waals surface area (Å²) in [6.45, 7) is 4.98. The molecule has 53 heavy (non-hydrogen) atoms. The summed E-state index contributed by atoms with van der Waals surface area (Å²) in [5.74, 6) is 0.348. The fourth-order valence-corrected chi connectivity index (χ4v) is 6.96. The topological polar surface area (TPSA) is 89.2 Å². The molecule has 0 saturated carbocycles. The molecule has 0 aliphatic heterocycles. The molecule has 7 heteroatoms. The minimum atomic E-state index is 0.348. The van der Waals surface area contributed by atoms with Crippen molar-refractivity contribution in [3.05, 3.63) is 170 Å². The number of hydrogen-bond donors (Lipinski definition) is 2. The number of nitrogens with zero attached hydrogens (tertiary/aromatic N) is 5. The molecule has 0 spiro atoms. The van der Waals surface area contributed by atoms with E-state index < -0.39 is 0 Å². The van der Waals surface area contributed by atoms with Crippen LogP contribution in [0, 0.1) is 5.92 Å². The minimum Gasteiger partial charge on any atom is -0.396 e. The van der Waals surface area contributed by atoms with Crippen molar-refractivity contribution in [3.63, 3.8) is 0 Å². The van der Waals surface area contributed by atoms with Crippen LogP contribution in [0.15, 0.2) is 170 Å². The van der Waals surface area contributed by atoms with Gasteiger partial charge in [0, 0.05) is 45.3 Å². The standard InChI is InChI=1S/C46H41N7/c1-32(2)31-51-49-45-41(33-23-27-39(28-24-33)52(35-15-7-3-8-16-35)36-17-9-4-10-18-36)43(47)44(48)42(46(45)50-51)34-25-29-40(30-26-34)53(37-19-11-5-12-20-37)38-21-13-6-14-22-38/h3-30,32H,31,47-48H2,1-2H3. The van der Waals surface area contributed by atoms with Gasteiger partial charge < -0.3 is 21.3 Å². The van der Waals surface area contributed by atoms with E-state index in [-0.39, 0.29) is 0 Å². The molecule has 0 saturated heterocycles. The fourth-order valence-electron chi connectivity index (χ4n) is 6.96. The molecule has 1 aromatic heterocycles. The number of fused-ring (bicyclic) bond motifs is 1. The number of nitrogen functional groups attached to an aromatic ring is 2. The third-order valence-electron chi connectivity index (χ3n) is 9.37. The van der Waals surface area contributed by atoms with Gasteiger partial charge >= 0.3 is 0 Å². The highest BCUT2D eigenvalue weighted by molar-refractivity contribution is 6.12. The SMILES string of the molecule is CC(C)Cn1nc2c(-c3ccc(N(c4ccccc4)c4ccccc4)cc3)c(N)c(N)c(-c3ccc(N(c4ccccc4)c4ccccc4)cc3)c2n1. The van der Waals surface area contributed by atoms with Gasteiger partial charge in [-0.2, -0.15) is 15.0 Å². The lowest BCUT2D eigenvalue weighted by atomic mass is 9.93. The van der Waals surface area contributed by atoms with Gasteiger partial charge in [0.25, 0.3) is 0 Å². The Morgan fingerprint density at radius 3 is 1.00 bits per heavy atom. The fraction of sp³-hybridized carbons (Fsp3) is 0.0870. The molecule has 0 radical (unpaired) electrons. The Balaban J connectivity index is 1.22. The molecule has 1 heterocycles. The second kappa shape index (κ2) is 14.4. The van der Waals surface area contributed by atoms with Gasteiger partial charge in [0.1, 0.15) is 11.0 Å². The summed E-state index contributed by atoms with van der Waals surface area (Å²) in [4.78, 5) is 6.25. The molecule has 7 nitrogen and oxygen atoms in total. The van der Waals surface area contributed by atoms with Crippen LogP contribution in [0.1, 0.15) is 13.8 Å². The van der Waals surface area contributed by atoms with Crippen LogP contribution in [0.25, 0.3) is 33.3 Å². The predicted octanol–water partition coefficient (Wildman–Crippen LogP) is 11.5. The van der Waals surface area contributed by atoms with E-state index in [1.165, 1.54) is 0 Å². The van der Waals surface area contributed by atoms with Crippen LogP contribution in [0.3, 0.4) is 0 Å². The van der Waals surface area contributed by atoms with Gasteiger partial charge in [-0.05, 0) is 89.8 Å². The number of rotatable bonds is 10. The summed E-state index contributed by atoms with van der Waals surface area (Å²) in [7, 11) is 0. The Morgan fingerprint density at radius 1 is 0.434 bits per heavy atom. The Hall–Kier alpha value is -6.86. The number of nitrogens with two attached hydrogens (primary N) is 2. The summed E-state index contributed by atoms with van der Waals surface area (Å²) in [6, 6.07) is 58.3. The van der Waals surface area contributed by atoms with E-state index in [4.69, 9.17) is 21.7 Å². The first-order valence-corrected chi connectivity index (χ1v) is 17.9. The van der Waals surface area contributed by atoms with Crippen molar-refractivity contribution in [2.24, 2.45) is 5.92 Å². The molecule has 7 aromatic carbocycles. The van der Waals surface area contributed by atoms with E-state index >= 15 is 0 Å². The molecule has 0 aliphatic carbocycles. The van der Waals surface area contributed by atoms with E-state index in [0.29, 0.717) is 23.8 Å². The van der Waals surface area contributed by atoms with Gasteiger partial charge in [0.2, 0.25) is 0 Å². The Bertz CT molecular complexity index is 2200. The van der Waals surface area contributed by atoms with Crippen LogP contribution in [0.4, 0.5) is 45.5 Å². The highest BCUT2D eigenvalue weighted by Gasteiger charge is 2.24. The highest BCUT2D eigenvalue weighted by atomic mass is 15.5. The van der Waals surface area contributed by atoms with Crippen molar-refractivity contribution in [1.82, 2.24) is 15.0 Å². The number of hydrogen-bond acceptors (Lipinski definition) is 6. The first-order chi connectivity index (χ1) is 26.0. The molecule has 0 bridgehead atoms. The van der Waals surface area contributed by atoms with Crippen molar-refractivity contribution in [2.75, 3.05) is 21.3 Å². The van der Waals surface area contributed by atoms with E-state index in [1.807, 2.05) is 24.3 Å². The summed E-state index contributed by atoms with van der Waals surface area (Å²) in [5, 5.41) is 10.1. The first-order valence-electron chi connectivity index (χ1n) is 17.9. The maximum atomic E-state index is 7.02. The third kappa shape index (κ3) is 6.56. The van der Waals surface area contributed by atoms with Crippen molar-refractivity contribution >= 4 is 56.5 Å². The van der Waals surface area contributed by atoms with Gasteiger partial charge in [0.15, 0.2) is 0 Å². The second-order valence-electron chi connectivity index (χ2n) is 13.5. The zero-order valence-electron chi connectivity index (χ0n) is 29.8. The van der Waals surface area contributed by atoms with E-state index in [0.717, 1.165) is 67.4 Å². The van der Waals surface area contributed by atoms with Crippen LogP contribution < -0.4 is 21.3 Å². The van der Waals surface area contributed by atoms with Gasteiger partial charge in [-0.1, -0.05) is 111 Å². The normalized spacial score (nSPS) is 11.2. The zero-order valence-corrected chi connectivity index (χ0v) is 29.8. The minimum absolute atomic E-state index is 0.348. The molecular weight excluding hydrogens is 651 g/mol. The Morgan fingerprint density at radius 2 is 0.717 bits per heavy atom. The van der Waals surface area contributed by atoms with Crippen LogP contribution in [-0.2, 0) is 6.54 Å². The van der Waals surface area contributed by atoms with Crippen LogP contribution in [0.2, 0.25) is 0 Å². The van der Waals surface area contributed by atoms with E-state index in [1.54, 1.807) is 4.80 Å². The van der Waals surface area contributed by atoms with Gasteiger partial charge in [-0.3, -0.25) is 0 Å². The molecular formula is C46H41N7. The lowest BCUT2D eigenvalue weighted by Gasteiger charge is -2.26. The molecule has 0 amide bonds. The lowest BCUT2D eigenvalue weighted by Crippen LogP contribution is -2.09. The van der Waals surface area contributed by atoms with Crippen molar-refractivity contribution in [3.8, 4) is 22.3 Å². The Labute approximate surface area is 310 Å². The maximum Gasteiger partial charge on any atom is 0.123 e. The average Bonchev–Trinajstić information content (AvgIpc) is 3.60. The monoisotopic (exact) mass is 691 g/mol. The van der Waals surface area contributed by atoms with Crippen molar-refractivity contribution < 1.29 is 0 Å². The zero-order chi connectivity index (χ0) is 36.3. The molecule has 0 fully saturated rings. The van der Waals surface area contributed by atoms with Crippen LogP contribution in [0.5, 0.6) is 0 Å². The quantitative estimate of drug-likeness (QED) is 0.139. The van der Waals surface area contributed by atoms with Gasteiger partial charge in [-0.15, -0.1) is 0 Å². The average molecular weight is 692 g/mol. The molecule has 0 aliphatic rings. The van der Waals surface area contributed by atoms with Crippen molar-refractivity contribution in [2.45, 2.75) is 20.4 Å². The molecule has 4 N–H and O–H groups in total. The lowest BCUT2D eigenvalue weighted by molar-refractivity contribution is 0.442. The van der Waals surface area contributed by atoms with E-state index in [9.17, 15) is 0 Å². The maximum absolute atomic E-state index is 7.02. The molecule has 0 unspecified atom stereocenters. The summed E-state index contributed by atoms with van der Waals surface area (Å²) in [6.07, 6.45) is 0. The third-order valence-corrected chi connectivity index (χ3v) is 9.37. The molecule has 260 valence electrons. The summed E-state index contributed by atoms with van der Waals surface area (Å²) >= 11 is 0. The molecule has 8 aromatic rings. The van der Waals surface area contributed by atoms with Crippen molar-refractivity contribution in [1.29, 1.82) is 0 Å². The summed E-state index contributed by atoms with van der Waals surface area (Å²) in [5.41, 5.74) is 26.2. The Kier molecular flexibility index (Phi) is 9.05. The molecule has 8 rings (SSSR count). The smallest absolute Gasteiger partial charge is 0.123 e. The van der Waals surface area contributed by atoms with E-state index in [2.05, 4.69) is 169 Å². The molecule has 0 atom stereocenters. The van der Waals surface area contributed by atoms with Crippen LogP contribution >= 0.6 is 0 Å². The van der Waals surface area contributed by atoms with Gasteiger partial charge in [0.05, 0.1) is 17.9 Å². The summed E-state index contributed by atoms with van der Waals surface area (Å²) < 4.78 is 0. The second-order valence-corrected chi connectivity index (χ2v) is 13.5. The predicted molar refractivity (Wildman–Crippen MR) is 221 cm³/mol.